The largest absolute Gasteiger partial charge is 0.466 e. The van der Waals surface area contributed by atoms with Crippen molar-refractivity contribution in [1.82, 2.24) is 20.4 Å². The number of nitrogens with zero attached hydrogens (tertiary/aromatic N) is 4. The normalized spacial score (nSPS) is 15.3. The second-order valence-electron chi connectivity index (χ2n) is 4.99. The first-order valence-corrected chi connectivity index (χ1v) is 6.76. The van der Waals surface area contributed by atoms with Crippen LogP contribution < -0.4 is 5.43 Å². The number of carbonyl (C=O) groups is 1. The summed E-state index contributed by atoms with van der Waals surface area (Å²) in [4.78, 5) is 11.2. The average molecular weight is 379 g/mol. The number of amides is 1. The van der Waals surface area contributed by atoms with Crippen LogP contribution in [0, 0.1) is 0 Å². The van der Waals surface area contributed by atoms with E-state index in [4.69, 9.17) is 4.74 Å². The van der Waals surface area contributed by atoms with Crippen molar-refractivity contribution in [2.45, 2.75) is 12.4 Å². The predicted molar refractivity (Wildman–Crippen MR) is 72.0 cm³/mol. The Morgan fingerprint density at radius 3 is 2.38 bits per heavy atom. The van der Waals surface area contributed by atoms with Crippen LogP contribution in [0.15, 0.2) is 29.5 Å². The summed E-state index contributed by atoms with van der Waals surface area (Å²) in [6.07, 6.45) is -9.45. The number of hydrogen-bond donors (Lipinski definition) is 1. The maximum absolute atomic E-state index is 13.3. The average Bonchev–Trinajstić information content (AvgIpc) is 3.04. The van der Waals surface area contributed by atoms with Crippen LogP contribution in [0.1, 0.15) is 16.8 Å². The quantitative estimate of drug-likeness (QED) is 0.811. The van der Waals surface area contributed by atoms with E-state index in [-0.39, 0.29) is 16.3 Å². The Kier molecular flexibility index (Phi) is 4.08. The summed E-state index contributed by atoms with van der Waals surface area (Å²) in [6.45, 7) is -0.433. The number of carbonyl (C=O) groups excluding carboxylic acids is 1. The highest BCUT2D eigenvalue weighted by atomic mass is 19.4. The molecule has 1 N–H and O–H groups in total. The molecule has 0 aliphatic carbocycles. The van der Waals surface area contributed by atoms with Crippen LogP contribution in [0.3, 0.4) is 0 Å². The van der Waals surface area contributed by atoms with Gasteiger partial charge < -0.3 is 4.74 Å². The van der Waals surface area contributed by atoms with E-state index in [0.717, 1.165) is 12.1 Å². The van der Waals surface area contributed by atoms with Gasteiger partial charge in [-0.25, -0.2) is 5.43 Å². The lowest BCUT2D eigenvalue weighted by molar-refractivity contribution is -0.141. The summed E-state index contributed by atoms with van der Waals surface area (Å²) in [5.41, 5.74) is -1.54. The molecule has 0 saturated heterocycles. The zero-order valence-corrected chi connectivity index (χ0v) is 12.4. The van der Waals surface area contributed by atoms with Crippen molar-refractivity contribution in [1.29, 1.82) is 0 Å². The molecule has 0 unspecified atom stereocenters. The number of benzene rings is 1. The van der Waals surface area contributed by atoms with Crippen LogP contribution >= 0.6 is 0 Å². The van der Waals surface area contributed by atoms with Crippen molar-refractivity contribution in [3.8, 4) is 5.69 Å². The lowest BCUT2D eigenvalue weighted by Gasteiger charge is -2.17. The van der Waals surface area contributed by atoms with E-state index in [1.807, 2.05) is 5.43 Å². The number of hydrogen-bond acceptors (Lipinski definition) is 5. The molecule has 13 heteroatoms. The summed E-state index contributed by atoms with van der Waals surface area (Å²) in [7, 11) is 0. The van der Waals surface area contributed by atoms with Crippen LogP contribution in [-0.4, -0.2) is 33.4 Å². The Morgan fingerprint density at radius 2 is 1.85 bits per heavy atom. The highest BCUT2D eigenvalue weighted by molar-refractivity contribution is 5.98. The third-order valence-corrected chi connectivity index (χ3v) is 3.17. The lowest BCUT2D eigenvalue weighted by atomic mass is 10.1. The number of aromatic nitrogens is 3. The molecule has 138 valence electrons. The summed E-state index contributed by atoms with van der Waals surface area (Å²) in [5, 5.41) is 9.77. The van der Waals surface area contributed by atoms with Gasteiger partial charge >= 0.3 is 12.4 Å². The maximum atomic E-state index is 13.3. The Balaban J connectivity index is 2.06. The van der Waals surface area contributed by atoms with Crippen molar-refractivity contribution < 1.29 is 35.9 Å². The van der Waals surface area contributed by atoms with E-state index in [2.05, 4.69) is 15.3 Å². The van der Waals surface area contributed by atoms with E-state index in [9.17, 15) is 31.1 Å². The second kappa shape index (κ2) is 6.00. The number of nitrogens with one attached hydrogen (secondary N) is 1. The molecule has 1 aliphatic heterocycles. The van der Waals surface area contributed by atoms with Gasteiger partial charge in [-0.05, 0) is 18.2 Å². The molecule has 0 atom stereocenters. The highest BCUT2D eigenvalue weighted by Gasteiger charge is 2.38. The lowest BCUT2D eigenvalue weighted by Crippen LogP contribution is -2.32. The molecule has 7 nitrogen and oxygen atoms in total. The smallest absolute Gasteiger partial charge is 0.436 e. The molecular weight excluding hydrogens is 372 g/mol. The fraction of sp³-hybridized carbons (Fsp3) is 0.231. The minimum Gasteiger partial charge on any atom is -0.466 e. The number of hydrazone groups is 1. The first-order chi connectivity index (χ1) is 12.1. The Morgan fingerprint density at radius 1 is 1.12 bits per heavy atom. The van der Waals surface area contributed by atoms with Crippen LogP contribution in [0.5, 0.6) is 0 Å². The fourth-order valence-corrected chi connectivity index (χ4v) is 2.04. The van der Waals surface area contributed by atoms with Crippen molar-refractivity contribution >= 4 is 11.8 Å². The van der Waals surface area contributed by atoms with Crippen molar-refractivity contribution in [3.05, 3.63) is 41.2 Å². The first kappa shape index (κ1) is 17.7. The monoisotopic (exact) mass is 379 g/mol. The van der Waals surface area contributed by atoms with E-state index < -0.39 is 41.8 Å². The van der Waals surface area contributed by atoms with Crippen LogP contribution in [-0.2, 0) is 21.9 Å². The third kappa shape index (κ3) is 3.45. The van der Waals surface area contributed by atoms with Gasteiger partial charge in [0.25, 0.3) is 5.91 Å². The van der Waals surface area contributed by atoms with Gasteiger partial charge in [0.1, 0.15) is 0 Å². The van der Waals surface area contributed by atoms with Gasteiger partial charge in [0.15, 0.2) is 12.3 Å². The minimum atomic E-state index is -4.92. The molecule has 3 rings (SSSR count). The maximum Gasteiger partial charge on any atom is 0.436 e. The molecule has 1 aromatic heterocycles. The van der Waals surface area contributed by atoms with Gasteiger partial charge in [0.2, 0.25) is 5.90 Å². The SMILES string of the molecule is O=C1COC(c2ccc(-n3ncc(C(F)(F)F)n3)c(C(F)(F)F)c2)=NN1. The standard InChI is InChI=1S/C13H7F6N5O2/c14-12(15,16)7-3-6(11-22-21-10(25)5-26-11)1-2-8(7)24-20-4-9(23-24)13(17,18)19/h1-4H,5H2,(H,21,25). The Bertz CT molecular complexity index is 886. The highest BCUT2D eigenvalue weighted by Crippen LogP contribution is 2.35. The number of rotatable bonds is 2. The Hall–Kier alpha value is -3.12. The third-order valence-electron chi connectivity index (χ3n) is 3.17. The Labute approximate surface area is 140 Å². The first-order valence-electron chi connectivity index (χ1n) is 6.76. The molecule has 1 amide bonds. The van der Waals surface area contributed by atoms with Crippen molar-refractivity contribution in [3.63, 3.8) is 0 Å². The van der Waals surface area contributed by atoms with Gasteiger partial charge in [0.05, 0.1) is 17.4 Å². The molecule has 2 aromatic rings. The van der Waals surface area contributed by atoms with E-state index in [1.54, 1.807) is 0 Å². The number of halogens is 6. The van der Waals surface area contributed by atoms with E-state index in [0.29, 0.717) is 12.3 Å². The molecule has 0 spiro atoms. The zero-order valence-electron chi connectivity index (χ0n) is 12.4. The minimum absolute atomic E-state index is 0.135. The second-order valence-corrected chi connectivity index (χ2v) is 4.99. The molecule has 0 saturated carbocycles. The molecule has 1 aliphatic rings. The van der Waals surface area contributed by atoms with Crippen molar-refractivity contribution in [2.24, 2.45) is 5.10 Å². The molecule has 0 bridgehead atoms. The van der Waals surface area contributed by atoms with Gasteiger partial charge in [-0.1, -0.05) is 0 Å². The van der Waals surface area contributed by atoms with Crippen LogP contribution in [0.2, 0.25) is 0 Å². The fourth-order valence-electron chi connectivity index (χ4n) is 2.04. The summed E-state index contributed by atoms with van der Waals surface area (Å²) >= 11 is 0. The zero-order chi connectivity index (χ0) is 19.1. The van der Waals surface area contributed by atoms with Crippen LogP contribution in [0.25, 0.3) is 5.69 Å². The van der Waals surface area contributed by atoms with Crippen LogP contribution in [0.4, 0.5) is 26.3 Å². The van der Waals surface area contributed by atoms with Gasteiger partial charge in [0, 0.05) is 5.56 Å². The summed E-state index contributed by atoms with van der Waals surface area (Å²) in [5.74, 6) is -0.854. The molecule has 1 aromatic carbocycles. The predicted octanol–water partition coefficient (Wildman–Crippen LogP) is 2.11. The van der Waals surface area contributed by atoms with E-state index >= 15 is 0 Å². The molecule has 0 fully saturated rings. The number of alkyl halides is 6. The molecule has 26 heavy (non-hydrogen) atoms. The van der Waals surface area contributed by atoms with Gasteiger partial charge in [-0.15, -0.1) is 10.2 Å². The van der Waals surface area contributed by atoms with E-state index in [1.165, 1.54) is 0 Å². The molecular formula is C13H7F6N5O2. The molecule has 2 heterocycles. The summed E-state index contributed by atoms with van der Waals surface area (Å²) < 4.78 is 82.7. The number of ether oxygens (including phenoxy) is 1. The van der Waals surface area contributed by atoms with Gasteiger partial charge in [-0.2, -0.15) is 36.2 Å². The van der Waals surface area contributed by atoms with Crippen molar-refractivity contribution in [2.75, 3.05) is 6.61 Å². The molecule has 0 radical (unpaired) electrons. The van der Waals surface area contributed by atoms with Gasteiger partial charge in [-0.3, -0.25) is 4.79 Å². The summed E-state index contributed by atoms with van der Waals surface area (Å²) in [6, 6.07) is 2.61. The topological polar surface area (TPSA) is 81.4 Å².